The van der Waals surface area contributed by atoms with Crippen LogP contribution in [0.5, 0.6) is 0 Å². The molecule has 0 amide bonds. The summed E-state index contributed by atoms with van der Waals surface area (Å²) in [7, 11) is 0. The van der Waals surface area contributed by atoms with Gasteiger partial charge in [-0.3, -0.25) is 5.32 Å². The second-order valence-corrected chi connectivity index (χ2v) is 3.22. The maximum atomic E-state index is 12.6. The average Bonchev–Trinajstić information content (AvgIpc) is 2.62. The average molecular weight is 181 g/mol. The summed E-state index contributed by atoms with van der Waals surface area (Å²) in [6.07, 6.45) is 1.10. The van der Waals surface area contributed by atoms with E-state index in [1.165, 1.54) is 12.1 Å². The van der Waals surface area contributed by atoms with Crippen molar-refractivity contribution in [2.24, 2.45) is 0 Å². The van der Waals surface area contributed by atoms with E-state index in [2.05, 4.69) is 5.32 Å². The first-order valence-electron chi connectivity index (χ1n) is 4.41. The van der Waals surface area contributed by atoms with Crippen LogP contribution in [0.4, 0.5) is 4.39 Å². The molecule has 2 nitrogen and oxygen atoms in total. The second-order valence-electron chi connectivity index (χ2n) is 3.22. The monoisotopic (exact) mass is 181 g/mol. The molecule has 1 aromatic carbocycles. The first kappa shape index (κ1) is 8.66. The van der Waals surface area contributed by atoms with Crippen LogP contribution in [0.25, 0.3) is 0 Å². The van der Waals surface area contributed by atoms with Crippen LogP contribution in [-0.4, -0.2) is 19.4 Å². The van der Waals surface area contributed by atoms with E-state index in [1.807, 2.05) is 0 Å². The number of ether oxygens (including phenoxy) is 1. The van der Waals surface area contributed by atoms with Crippen molar-refractivity contribution in [1.29, 1.82) is 0 Å². The lowest BCUT2D eigenvalue weighted by Crippen LogP contribution is -2.16. The molecule has 0 aromatic heterocycles. The number of benzene rings is 1. The molecule has 0 radical (unpaired) electrons. The molecule has 1 N–H and O–H groups in total. The molecule has 0 aliphatic carbocycles. The Morgan fingerprint density at radius 2 is 2.15 bits per heavy atom. The standard InChI is InChI=1S/C10H12FNO/c11-9-3-1-8(2-4-9)5-10-6-12-7-13-10/h1-4,10,12H,5-7H2. The number of hydrogen-bond acceptors (Lipinski definition) is 2. The minimum absolute atomic E-state index is 0.186. The second kappa shape index (κ2) is 3.85. The van der Waals surface area contributed by atoms with Gasteiger partial charge in [-0.1, -0.05) is 12.1 Å². The SMILES string of the molecule is Fc1ccc(CC2CNCO2)cc1. The summed E-state index contributed by atoms with van der Waals surface area (Å²) in [4.78, 5) is 0. The Balaban J connectivity index is 1.97. The number of rotatable bonds is 2. The van der Waals surface area contributed by atoms with Crippen LogP contribution in [0, 0.1) is 5.82 Å². The van der Waals surface area contributed by atoms with Crippen LogP contribution in [-0.2, 0) is 11.2 Å². The minimum atomic E-state index is -0.186. The van der Waals surface area contributed by atoms with E-state index in [9.17, 15) is 4.39 Å². The highest BCUT2D eigenvalue weighted by Crippen LogP contribution is 2.09. The molecule has 1 saturated heterocycles. The van der Waals surface area contributed by atoms with Crippen molar-refractivity contribution in [3.63, 3.8) is 0 Å². The fourth-order valence-electron chi connectivity index (χ4n) is 1.47. The molecule has 0 saturated carbocycles. The van der Waals surface area contributed by atoms with Crippen LogP contribution >= 0.6 is 0 Å². The number of halogens is 1. The first-order chi connectivity index (χ1) is 6.34. The van der Waals surface area contributed by atoms with Gasteiger partial charge in [-0.15, -0.1) is 0 Å². The van der Waals surface area contributed by atoms with Crippen molar-refractivity contribution < 1.29 is 9.13 Å². The fraction of sp³-hybridized carbons (Fsp3) is 0.400. The van der Waals surface area contributed by atoms with Gasteiger partial charge in [-0.2, -0.15) is 0 Å². The molecule has 1 unspecified atom stereocenters. The summed E-state index contributed by atoms with van der Waals surface area (Å²) in [6, 6.07) is 6.57. The van der Waals surface area contributed by atoms with Crippen molar-refractivity contribution >= 4 is 0 Å². The molecule has 1 aliphatic rings. The molecule has 1 fully saturated rings. The predicted octanol–water partition coefficient (Wildman–Crippen LogP) is 1.31. The molecule has 1 aromatic rings. The van der Waals surface area contributed by atoms with Crippen LogP contribution in [0.3, 0.4) is 0 Å². The summed E-state index contributed by atoms with van der Waals surface area (Å²) in [6.45, 7) is 1.52. The van der Waals surface area contributed by atoms with Gasteiger partial charge in [0.05, 0.1) is 12.8 Å². The molecule has 2 rings (SSSR count). The van der Waals surface area contributed by atoms with Gasteiger partial charge in [0.25, 0.3) is 0 Å². The molecular formula is C10H12FNO. The highest BCUT2D eigenvalue weighted by Gasteiger charge is 2.14. The normalized spacial score (nSPS) is 22.1. The summed E-state index contributed by atoms with van der Waals surface area (Å²) >= 11 is 0. The molecular weight excluding hydrogens is 169 g/mol. The van der Waals surface area contributed by atoms with Crippen molar-refractivity contribution in [2.45, 2.75) is 12.5 Å². The maximum Gasteiger partial charge on any atom is 0.123 e. The molecule has 3 heteroatoms. The zero-order valence-corrected chi connectivity index (χ0v) is 7.29. The third-order valence-electron chi connectivity index (χ3n) is 2.17. The molecule has 1 atom stereocenters. The van der Waals surface area contributed by atoms with Crippen LogP contribution in [0.2, 0.25) is 0 Å². The van der Waals surface area contributed by atoms with Crippen molar-refractivity contribution in [1.82, 2.24) is 5.32 Å². The summed E-state index contributed by atoms with van der Waals surface area (Å²) in [5.41, 5.74) is 1.12. The van der Waals surface area contributed by atoms with Gasteiger partial charge >= 0.3 is 0 Å². The third-order valence-corrected chi connectivity index (χ3v) is 2.17. The van der Waals surface area contributed by atoms with Gasteiger partial charge in [0, 0.05) is 6.54 Å². The van der Waals surface area contributed by atoms with E-state index < -0.39 is 0 Å². The van der Waals surface area contributed by atoms with Gasteiger partial charge in [0.1, 0.15) is 5.82 Å². The van der Waals surface area contributed by atoms with Gasteiger partial charge in [-0.25, -0.2) is 4.39 Å². The van der Waals surface area contributed by atoms with Gasteiger partial charge in [-0.05, 0) is 24.1 Å². The lowest BCUT2D eigenvalue weighted by Gasteiger charge is -2.07. The Bertz CT molecular complexity index is 267. The Kier molecular flexibility index (Phi) is 2.57. The molecule has 0 bridgehead atoms. The van der Waals surface area contributed by atoms with Gasteiger partial charge in [0.2, 0.25) is 0 Å². The largest absolute Gasteiger partial charge is 0.361 e. The van der Waals surface area contributed by atoms with Crippen LogP contribution < -0.4 is 5.32 Å². The van der Waals surface area contributed by atoms with Gasteiger partial charge < -0.3 is 4.74 Å². The number of hydrogen-bond donors (Lipinski definition) is 1. The van der Waals surface area contributed by atoms with Crippen molar-refractivity contribution in [3.05, 3.63) is 35.6 Å². The molecule has 1 heterocycles. The third kappa shape index (κ3) is 2.26. The molecule has 13 heavy (non-hydrogen) atoms. The Morgan fingerprint density at radius 1 is 1.38 bits per heavy atom. The zero-order valence-electron chi connectivity index (χ0n) is 7.29. The Labute approximate surface area is 76.7 Å². The number of nitrogens with one attached hydrogen (secondary N) is 1. The predicted molar refractivity (Wildman–Crippen MR) is 47.8 cm³/mol. The van der Waals surface area contributed by atoms with Crippen LogP contribution in [0.15, 0.2) is 24.3 Å². The lowest BCUT2D eigenvalue weighted by atomic mass is 10.1. The van der Waals surface area contributed by atoms with Crippen LogP contribution in [0.1, 0.15) is 5.56 Å². The minimum Gasteiger partial charge on any atom is -0.361 e. The van der Waals surface area contributed by atoms with E-state index >= 15 is 0 Å². The van der Waals surface area contributed by atoms with E-state index in [-0.39, 0.29) is 11.9 Å². The zero-order chi connectivity index (χ0) is 9.10. The van der Waals surface area contributed by atoms with E-state index in [0.29, 0.717) is 6.73 Å². The summed E-state index contributed by atoms with van der Waals surface area (Å²) < 4.78 is 17.9. The van der Waals surface area contributed by atoms with E-state index in [1.54, 1.807) is 12.1 Å². The summed E-state index contributed by atoms with van der Waals surface area (Å²) in [5.74, 6) is -0.186. The maximum absolute atomic E-state index is 12.6. The Morgan fingerprint density at radius 3 is 2.77 bits per heavy atom. The van der Waals surface area contributed by atoms with Crippen molar-refractivity contribution in [3.8, 4) is 0 Å². The van der Waals surface area contributed by atoms with Crippen molar-refractivity contribution in [2.75, 3.05) is 13.3 Å². The lowest BCUT2D eigenvalue weighted by molar-refractivity contribution is 0.114. The topological polar surface area (TPSA) is 21.3 Å². The fourth-order valence-corrected chi connectivity index (χ4v) is 1.47. The quantitative estimate of drug-likeness (QED) is 0.742. The molecule has 1 aliphatic heterocycles. The van der Waals surface area contributed by atoms with E-state index in [0.717, 1.165) is 18.5 Å². The molecule has 70 valence electrons. The van der Waals surface area contributed by atoms with Gasteiger partial charge in [0.15, 0.2) is 0 Å². The smallest absolute Gasteiger partial charge is 0.123 e. The highest BCUT2D eigenvalue weighted by atomic mass is 19.1. The molecule has 0 spiro atoms. The Hall–Kier alpha value is -0.930. The first-order valence-corrected chi connectivity index (χ1v) is 4.41. The highest BCUT2D eigenvalue weighted by molar-refractivity contribution is 5.17. The van der Waals surface area contributed by atoms with E-state index in [4.69, 9.17) is 4.74 Å². The summed E-state index contributed by atoms with van der Waals surface area (Å²) in [5, 5.41) is 3.11.